The van der Waals surface area contributed by atoms with E-state index < -0.39 is 0 Å². The molecule has 17 heavy (non-hydrogen) atoms. The zero-order valence-electron chi connectivity index (χ0n) is 10.2. The Labute approximate surface area is 109 Å². The van der Waals surface area contributed by atoms with Gasteiger partial charge in [-0.3, -0.25) is 0 Å². The van der Waals surface area contributed by atoms with Gasteiger partial charge in [-0.1, -0.05) is 18.2 Å². The van der Waals surface area contributed by atoms with E-state index in [1.165, 1.54) is 30.3 Å². The van der Waals surface area contributed by atoms with Crippen LogP contribution in [0.4, 0.5) is 0 Å². The van der Waals surface area contributed by atoms with Crippen LogP contribution in [0, 0.1) is 0 Å². The summed E-state index contributed by atoms with van der Waals surface area (Å²) in [6.45, 7) is 2.38. The minimum atomic E-state index is 0. The van der Waals surface area contributed by atoms with Crippen molar-refractivity contribution in [3.8, 4) is 0 Å². The van der Waals surface area contributed by atoms with Crippen molar-refractivity contribution in [2.24, 2.45) is 0 Å². The van der Waals surface area contributed by atoms with Gasteiger partial charge in [-0.2, -0.15) is 0 Å². The fourth-order valence-electron chi connectivity index (χ4n) is 2.74. The van der Waals surface area contributed by atoms with Gasteiger partial charge in [0.15, 0.2) is 0 Å². The third-order valence-corrected chi connectivity index (χ3v) is 3.76. The molecule has 0 saturated carbocycles. The normalized spacial score (nSPS) is 20.6. The number of rotatable bonds is 2. The zero-order chi connectivity index (χ0) is 11.0. The van der Waals surface area contributed by atoms with E-state index in [0.717, 1.165) is 12.6 Å². The maximum absolute atomic E-state index is 2.48. The highest BCUT2D eigenvalue weighted by Crippen LogP contribution is 2.20. The molecular weight excluding hydrogens is 232 g/mol. The van der Waals surface area contributed by atoms with E-state index in [1.54, 1.807) is 0 Å². The molecule has 92 valence electrons. The van der Waals surface area contributed by atoms with E-state index in [-0.39, 0.29) is 12.4 Å². The summed E-state index contributed by atoms with van der Waals surface area (Å²) >= 11 is 0. The zero-order valence-corrected chi connectivity index (χ0v) is 11.0. The molecule has 0 amide bonds. The fraction of sp³-hybridized carbons (Fsp3) is 0.429. The maximum Gasteiger partial charge on any atom is 0.0480 e. The van der Waals surface area contributed by atoms with Gasteiger partial charge in [0, 0.05) is 24.3 Å². The number of aromatic nitrogens is 1. The number of halogens is 1. The summed E-state index contributed by atoms with van der Waals surface area (Å²) in [7, 11) is 2.24. The lowest BCUT2D eigenvalue weighted by Crippen LogP contribution is -2.28. The van der Waals surface area contributed by atoms with E-state index in [1.807, 2.05) is 0 Å². The first-order chi connectivity index (χ1) is 7.84. The van der Waals surface area contributed by atoms with Crippen LogP contribution in [0.25, 0.3) is 10.9 Å². The molecule has 1 saturated heterocycles. The summed E-state index contributed by atoms with van der Waals surface area (Å²) < 4.78 is 2.39. The Kier molecular flexibility index (Phi) is 3.75. The third-order valence-electron chi connectivity index (χ3n) is 3.76. The summed E-state index contributed by atoms with van der Waals surface area (Å²) in [6.07, 6.45) is 4.90. The van der Waals surface area contributed by atoms with Crippen molar-refractivity contribution in [3.05, 3.63) is 36.5 Å². The Balaban J connectivity index is 0.00000108. The molecule has 0 spiro atoms. The van der Waals surface area contributed by atoms with E-state index in [9.17, 15) is 0 Å². The van der Waals surface area contributed by atoms with Gasteiger partial charge >= 0.3 is 0 Å². The SMILES string of the molecule is CN1CCC[C@H]1Cn1ccc2ccccc21.Cl. The standard InChI is InChI=1S/C14H18N2.ClH/c1-15-9-4-6-13(15)11-16-10-8-12-5-2-3-7-14(12)16;/h2-3,5,7-8,10,13H,4,6,9,11H2,1H3;1H/t13-;/m0./s1. The summed E-state index contributed by atoms with van der Waals surface area (Å²) in [5, 5.41) is 1.35. The minimum Gasteiger partial charge on any atom is -0.346 e. The predicted molar refractivity (Wildman–Crippen MR) is 74.8 cm³/mol. The molecular formula is C14H19ClN2. The number of likely N-dealkylation sites (N-methyl/N-ethyl adjacent to an activating group) is 1. The van der Waals surface area contributed by atoms with Crippen molar-refractivity contribution in [3.63, 3.8) is 0 Å². The number of fused-ring (bicyclic) bond motifs is 1. The van der Waals surface area contributed by atoms with E-state index >= 15 is 0 Å². The molecule has 3 heteroatoms. The molecule has 1 aliphatic heterocycles. The Morgan fingerprint density at radius 2 is 2.06 bits per heavy atom. The third kappa shape index (κ3) is 2.33. The molecule has 2 aromatic rings. The molecule has 2 nitrogen and oxygen atoms in total. The second-order valence-corrected chi connectivity index (χ2v) is 4.80. The fourth-order valence-corrected chi connectivity index (χ4v) is 2.74. The highest BCUT2D eigenvalue weighted by Gasteiger charge is 2.21. The van der Waals surface area contributed by atoms with Gasteiger partial charge in [0.05, 0.1) is 0 Å². The van der Waals surface area contributed by atoms with Crippen LogP contribution in [0.1, 0.15) is 12.8 Å². The second-order valence-electron chi connectivity index (χ2n) is 4.80. The Morgan fingerprint density at radius 3 is 2.82 bits per heavy atom. The van der Waals surface area contributed by atoms with E-state index in [2.05, 4.69) is 53.0 Å². The minimum absolute atomic E-state index is 0. The Bertz CT molecular complexity index is 492. The first kappa shape index (κ1) is 12.5. The average molecular weight is 251 g/mol. The molecule has 0 N–H and O–H groups in total. The van der Waals surface area contributed by atoms with Crippen LogP contribution >= 0.6 is 12.4 Å². The molecule has 1 atom stereocenters. The highest BCUT2D eigenvalue weighted by atomic mass is 35.5. The molecule has 1 aromatic heterocycles. The molecule has 0 aliphatic carbocycles. The molecule has 1 aromatic carbocycles. The highest BCUT2D eigenvalue weighted by molar-refractivity contribution is 5.85. The average Bonchev–Trinajstić information content (AvgIpc) is 2.88. The number of hydrogen-bond donors (Lipinski definition) is 0. The van der Waals surface area contributed by atoms with Gasteiger partial charge in [0.2, 0.25) is 0 Å². The molecule has 1 fully saturated rings. The van der Waals surface area contributed by atoms with Crippen LogP contribution in [0.2, 0.25) is 0 Å². The lowest BCUT2D eigenvalue weighted by atomic mass is 10.2. The van der Waals surface area contributed by atoms with E-state index in [0.29, 0.717) is 0 Å². The summed E-state index contributed by atoms with van der Waals surface area (Å²) in [5.74, 6) is 0. The van der Waals surface area contributed by atoms with Crippen molar-refractivity contribution in [2.45, 2.75) is 25.4 Å². The lowest BCUT2D eigenvalue weighted by Gasteiger charge is -2.20. The van der Waals surface area contributed by atoms with Crippen LogP contribution in [-0.4, -0.2) is 29.1 Å². The smallest absolute Gasteiger partial charge is 0.0480 e. The Morgan fingerprint density at radius 1 is 1.24 bits per heavy atom. The van der Waals surface area contributed by atoms with Gasteiger partial charge in [0.1, 0.15) is 0 Å². The predicted octanol–water partition coefficient (Wildman–Crippen LogP) is 3.16. The summed E-state index contributed by atoms with van der Waals surface area (Å²) in [6, 6.07) is 11.6. The van der Waals surface area contributed by atoms with Crippen LogP contribution in [0.5, 0.6) is 0 Å². The first-order valence-electron chi connectivity index (χ1n) is 6.09. The summed E-state index contributed by atoms with van der Waals surface area (Å²) in [5.41, 5.74) is 1.36. The maximum atomic E-state index is 2.48. The van der Waals surface area contributed by atoms with Gasteiger partial charge in [-0.25, -0.2) is 0 Å². The molecule has 0 bridgehead atoms. The van der Waals surface area contributed by atoms with Crippen LogP contribution in [0.15, 0.2) is 36.5 Å². The van der Waals surface area contributed by atoms with Crippen LogP contribution in [0.3, 0.4) is 0 Å². The van der Waals surface area contributed by atoms with Crippen molar-refractivity contribution < 1.29 is 0 Å². The Hall–Kier alpha value is -0.990. The molecule has 0 radical (unpaired) electrons. The van der Waals surface area contributed by atoms with Gasteiger partial charge < -0.3 is 9.47 Å². The van der Waals surface area contributed by atoms with Gasteiger partial charge in [-0.05, 0) is 44.0 Å². The van der Waals surface area contributed by atoms with Crippen molar-refractivity contribution >= 4 is 23.3 Å². The van der Waals surface area contributed by atoms with Gasteiger partial charge in [-0.15, -0.1) is 12.4 Å². The largest absolute Gasteiger partial charge is 0.346 e. The number of benzene rings is 1. The molecule has 3 rings (SSSR count). The van der Waals surface area contributed by atoms with Crippen molar-refractivity contribution in [2.75, 3.05) is 13.6 Å². The lowest BCUT2D eigenvalue weighted by molar-refractivity contribution is 0.284. The number of nitrogens with zero attached hydrogens (tertiary/aromatic N) is 2. The van der Waals surface area contributed by atoms with Crippen molar-refractivity contribution in [1.29, 1.82) is 0 Å². The number of likely N-dealkylation sites (tertiary alicyclic amines) is 1. The van der Waals surface area contributed by atoms with Crippen LogP contribution in [-0.2, 0) is 6.54 Å². The second kappa shape index (κ2) is 5.11. The first-order valence-corrected chi connectivity index (χ1v) is 6.09. The quantitative estimate of drug-likeness (QED) is 0.795. The molecule has 1 aliphatic rings. The number of hydrogen-bond acceptors (Lipinski definition) is 1. The topological polar surface area (TPSA) is 8.17 Å². The number of para-hydroxylation sites is 1. The van der Waals surface area contributed by atoms with E-state index in [4.69, 9.17) is 0 Å². The molecule has 0 unspecified atom stereocenters. The monoisotopic (exact) mass is 250 g/mol. The summed E-state index contributed by atoms with van der Waals surface area (Å²) in [4.78, 5) is 2.48. The molecule has 2 heterocycles. The van der Waals surface area contributed by atoms with Gasteiger partial charge in [0.25, 0.3) is 0 Å². The van der Waals surface area contributed by atoms with Crippen LogP contribution < -0.4 is 0 Å². The van der Waals surface area contributed by atoms with Crippen molar-refractivity contribution in [1.82, 2.24) is 9.47 Å².